The van der Waals surface area contributed by atoms with Crippen LogP contribution in [0.5, 0.6) is 11.5 Å². The number of hydrogen-bond donors (Lipinski definition) is 1. The molecule has 4 aromatic rings. The molecular formula is C22H17NO. The molecule has 0 unspecified atom stereocenters. The van der Waals surface area contributed by atoms with Gasteiger partial charge in [0.25, 0.3) is 0 Å². The third kappa shape index (κ3) is 1.89. The number of benzene rings is 3. The molecule has 2 heteroatoms. The van der Waals surface area contributed by atoms with Gasteiger partial charge >= 0.3 is 0 Å². The fourth-order valence-electron chi connectivity index (χ4n) is 3.75. The van der Waals surface area contributed by atoms with Gasteiger partial charge in [0, 0.05) is 34.1 Å². The number of aromatic amines is 1. The van der Waals surface area contributed by atoms with Crippen molar-refractivity contribution in [3.05, 3.63) is 95.2 Å². The Morgan fingerprint density at radius 2 is 1.46 bits per heavy atom. The van der Waals surface area contributed by atoms with Crippen molar-refractivity contribution in [3.8, 4) is 11.5 Å². The van der Waals surface area contributed by atoms with E-state index in [-0.39, 0.29) is 5.92 Å². The van der Waals surface area contributed by atoms with Gasteiger partial charge in [-0.1, -0.05) is 48.5 Å². The summed E-state index contributed by atoms with van der Waals surface area (Å²) >= 11 is 0. The van der Waals surface area contributed by atoms with E-state index in [1.807, 2.05) is 12.1 Å². The average Bonchev–Trinajstić information content (AvgIpc) is 3.02. The van der Waals surface area contributed by atoms with Crippen LogP contribution in [0.25, 0.3) is 10.9 Å². The Labute approximate surface area is 140 Å². The largest absolute Gasteiger partial charge is 0.457 e. The summed E-state index contributed by atoms with van der Waals surface area (Å²) < 4.78 is 6.13. The Bertz CT molecular complexity index is 1010. The number of nitrogens with one attached hydrogen (secondary N) is 1. The minimum atomic E-state index is 0.183. The Hall–Kier alpha value is -3.00. The van der Waals surface area contributed by atoms with Crippen LogP contribution in [0.2, 0.25) is 0 Å². The van der Waals surface area contributed by atoms with Gasteiger partial charge in [0.1, 0.15) is 11.5 Å². The highest BCUT2D eigenvalue weighted by Gasteiger charge is 2.29. The summed E-state index contributed by atoms with van der Waals surface area (Å²) in [5, 5.41) is 1.28. The zero-order valence-electron chi connectivity index (χ0n) is 13.4. The highest BCUT2D eigenvalue weighted by atomic mass is 16.5. The van der Waals surface area contributed by atoms with Crippen molar-refractivity contribution < 1.29 is 4.74 Å². The van der Waals surface area contributed by atoms with Gasteiger partial charge in [0.2, 0.25) is 0 Å². The van der Waals surface area contributed by atoms with Gasteiger partial charge < -0.3 is 9.72 Å². The highest BCUT2D eigenvalue weighted by molar-refractivity contribution is 5.86. The van der Waals surface area contributed by atoms with Gasteiger partial charge in [0.05, 0.1) is 0 Å². The quantitative estimate of drug-likeness (QED) is 0.418. The first-order valence-electron chi connectivity index (χ1n) is 8.24. The van der Waals surface area contributed by atoms with E-state index in [4.69, 9.17) is 4.74 Å². The summed E-state index contributed by atoms with van der Waals surface area (Å²) in [6.45, 7) is 2.12. The molecule has 1 N–H and O–H groups in total. The Morgan fingerprint density at radius 1 is 0.792 bits per heavy atom. The predicted octanol–water partition coefficient (Wildman–Crippen LogP) is 5.76. The second-order valence-corrected chi connectivity index (χ2v) is 6.40. The first-order valence-corrected chi connectivity index (χ1v) is 8.24. The van der Waals surface area contributed by atoms with Crippen LogP contribution in [0.1, 0.15) is 28.2 Å². The lowest BCUT2D eigenvalue weighted by atomic mass is 9.82. The van der Waals surface area contributed by atoms with Gasteiger partial charge in [-0.15, -0.1) is 0 Å². The molecule has 0 amide bonds. The number of ether oxygens (including phenoxy) is 1. The molecule has 116 valence electrons. The summed E-state index contributed by atoms with van der Waals surface area (Å²) in [4.78, 5) is 3.45. The van der Waals surface area contributed by atoms with Gasteiger partial charge in [-0.2, -0.15) is 0 Å². The minimum Gasteiger partial charge on any atom is -0.457 e. The van der Waals surface area contributed by atoms with Crippen molar-refractivity contribution in [2.75, 3.05) is 0 Å². The van der Waals surface area contributed by atoms with Crippen molar-refractivity contribution >= 4 is 10.9 Å². The molecule has 0 spiro atoms. The van der Waals surface area contributed by atoms with E-state index in [0.29, 0.717) is 0 Å². The zero-order valence-corrected chi connectivity index (χ0v) is 13.4. The summed E-state index contributed by atoms with van der Waals surface area (Å²) in [7, 11) is 0. The maximum absolute atomic E-state index is 6.13. The smallest absolute Gasteiger partial charge is 0.131 e. The SMILES string of the molecule is Cc1ccc2c(C3c4ccccc4Oc4ccccc43)c[nH]c2c1. The highest BCUT2D eigenvalue weighted by Crippen LogP contribution is 2.48. The molecule has 0 saturated carbocycles. The predicted molar refractivity (Wildman–Crippen MR) is 96.9 cm³/mol. The van der Waals surface area contributed by atoms with E-state index in [2.05, 4.69) is 72.7 Å². The second kappa shape index (κ2) is 5.00. The van der Waals surface area contributed by atoms with Crippen molar-refractivity contribution in [1.82, 2.24) is 4.98 Å². The fraction of sp³-hybridized carbons (Fsp3) is 0.0909. The van der Waals surface area contributed by atoms with E-state index in [1.165, 1.54) is 33.2 Å². The Kier molecular flexibility index (Phi) is 2.80. The molecule has 1 aliphatic rings. The third-order valence-corrected chi connectivity index (χ3v) is 4.86. The molecule has 5 rings (SSSR count). The molecule has 2 heterocycles. The normalized spacial score (nSPS) is 13.4. The minimum absolute atomic E-state index is 0.183. The zero-order chi connectivity index (χ0) is 16.1. The molecule has 0 aliphatic carbocycles. The van der Waals surface area contributed by atoms with Crippen molar-refractivity contribution in [1.29, 1.82) is 0 Å². The van der Waals surface area contributed by atoms with E-state index in [1.54, 1.807) is 0 Å². The Morgan fingerprint density at radius 3 is 2.17 bits per heavy atom. The van der Waals surface area contributed by atoms with Crippen molar-refractivity contribution in [2.24, 2.45) is 0 Å². The van der Waals surface area contributed by atoms with E-state index in [0.717, 1.165) is 11.5 Å². The molecule has 3 aromatic carbocycles. The number of hydrogen-bond acceptors (Lipinski definition) is 1. The molecule has 0 fully saturated rings. The molecule has 1 aromatic heterocycles. The molecule has 0 saturated heterocycles. The van der Waals surface area contributed by atoms with Gasteiger partial charge in [-0.05, 0) is 36.2 Å². The lowest BCUT2D eigenvalue weighted by Gasteiger charge is -2.28. The molecule has 0 radical (unpaired) electrons. The summed E-state index contributed by atoms with van der Waals surface area (Å²) in [5.74, 6) is 2.08. The number of aromatic nitrogens is 1. The third-order valence-electron chi connectivity index (χ3n) is 4.86. The average molecular weight is 311 g/mol. The maximum Gasteiger partial charge on any atom is 0.131 e. The maximum atomic E-state index is 6.13. The summed E-state index contributed by atoms with van der Waals surface area (Å²) in [6.07, 6.45) is 2.15. The standard InChI is InChI=1S/C22H17NO/c1-14-10-11-15-18(13-23-19(15)12-14)22-16-6-2-4-8-20(16)24-21-9-5-3-7-17(21)22/h2-13,22-23H,1H3. The molecule has 1 aliphatic heterocycles. The van der Waals surface area contributed by atoms with Crippen LogP contribution in [-0.2, 0) is 0 Å². The van der Waals surface area contributed by atoms with Crippen molar-refractivity contribution in [2.45, 2.75) is 12.8 Å². The topological polar surface area (TPSA) is 25.0 Å². The van der Waals surface area contributed by atoms with Crippen LogP contribution in [-0.4, -0.2) is 4.98 Å². The van der Waals surface area contributed by atoms with E-state index in [9.17, 15) is 0 Å². The molecule has 2 nitrogen and oxygen atoms in total. The fourth-order valence-corrected chi connectivity index (χ4v) is 3.75. The first-order chi connectivity index (χ1) is 11.8. The number of fused-ring (bicyclic) bond motifs is 3. The lowest BCUT2D eigenvalue weighted by Crippen LogP contribution is -2.11. The van der Waals surface area contributed by atoms with Gasteiger partial charge in [-0.25, -0.2) is 0 Å². The number of rotatable bonds is 1. The van der Waals surface area contributed by atoms with Crippen LogP contribution < -0.4 is 4.74 Å². The second-order valence-electron chi connectivity index (χ2n) is 6.40. The van der Waals surface area contributed by atoms with Gasteiger partial charge in [-0.3, -0.25) is 0 Å². The van der Waals surface area contributed by atoms with Crippen LogP contribution in [0, 0.1) is 6.92 Å². The van der Waals surface area contributed by atoms with E-state index < -0.39 is 0 Å². The van der Waals surface area contributed by atoms with Crippen LogP contribution in [0.4, 0.5) is 0 Å². The molecular weight excluding hydrogens is 294 g/mol. The number of para-hydroxylation sites is 2. The number of aryl methyl sites for hydroxylation is 1. The van der Waals surface area contributed by atoms with Gasteiger partial charge in [0.15, 0.2) is 0 Å². The summed E-state index contributed by atoms with van der Waals surface area (Å²) in [6, 6.07) is 23.3. The molecule has 0 atom stereocenters. The van der Waals surface area contributed by atoms with Crippen molar-refractivity contribution in [3.63, 3.8) is 0 Å². The first kappa shape index (κ1) is 13.4. The van der Waals surface area contributed by atoms with Crippen LogP contribution in [0.15, 0.2) is 72.9 Å². The van der Waals surface area contributed by atoms with Crippen LogP contribution in [0.3, 0.4) is 0 Å². The van der Waals surface area contributed by atoms with Crippen LogP contribution >= 0.6 is 0 Å². The van der Waals surface area contributed by atoms with E-state index >= 15 is 0 Å². The molecule has 0 bridgehead atoms. The Balaban J connectivity index is 1.81. The summed E-state index contributed by atoms with van der Waals surface area (Å²) in [5.41, 5.74) is 6.19. The molecule has 24 heavy (non-hydrogen) atoms. The number of H-pyrrole nitrogens is 1. The lowest BCUT2D eigenvalue weighted by molar-refractivity contribution is 0.453. The monoisotopic (exact) mass is 311 g/mol.